The van der Waals surface area contributed by atoms with Crippen molar-refractivity contribution in [2.45, 2.75) is 0 Å². The van der Waals surface area contributed by atoms with Crippen LogP contribution in [0.4, 0.5) is 5.82 Å². The third-order valence-electron chi connectivity index (χ3n) is 4.69. The van der Waals surface area contributed by atoms with Gasteiger partial charge in [0.25, 0.3) is 0 Å². The summed E-state index contributed by atoms with van der Waals surface area (Å²) in [5, 5.41) is 12.9. The normalized spacial score (nSPS) is 14.4. The Morgan fingerprint density at radius 3 is 2.63 bits per heavy atom. The highest BCUT2D eigenvalue weighted by atomic mass is 15.2. The van der Waals surface area contributed by atoms with Crippen LogP contribution < -0.4 is 10.2 Å². The first-order valence-corrected chi connectivity index (χ1v) is 9.12. The largest absolute Gasteiger partial charge is 0.355 e. The molecule has 1 fully saturated rings. The van der Waals surface area contributed by atoms with Crippen LogP contribution in [0.5, 0.6) is 0 Å². The van der Waals surface area contributed by atoms with Crippen molar-refractivity contribution >= 4 is 18.0 Å². The molecule has 4 rings (SSSR count). The van der Waals surface area contributed by atoms with Crippen molar-refractivity contribution < 1.29 is 0 Å². The molecule has 1 aromatic carbocycles. The molecule has 27 heavy (non-hydrogen) atoms. The van der Waals surface area contributed by atoms with Crippen molar-refractivity contribution in [3.05, 3.63) is 71.5 Å². The Bertz CT molecular complexity index is 975. The van der Waals surface area contributed by atoms with E-state index in [2.05, 4.69) is 38.4 Å². The van der Waals surface area contributed by atoms with Crippen LogP contribution in [0, 0.1) is 11.3 Å². The van der Waals surface area contributed by atoms with Crippen LogP contribution in [-0.4, -0.2) is 36.1 Å². The van der Waals surface area contributed by atoms with Crippen molar-refractivity contribution in [3.63, 3.8) is 0 Å². The zero-order valence-corrected chi connectivity index (χ0v) is 15.0. The highest BCUT2D eigenvalue weighted by Crippen LogP contribution is 2.28. The molecule has 3 heterocycles. The highest BCUT2D eigenvalue weighted by molar-refractivity contribution is 5.73. The predicted molar refractivity (Wildman–Crippen MR) is 109 cm³/mol. The second-order valence-electron chi connectivity index (χ2n) is 6.51. The van der Waals surface area contributed by atoms with Gasteiger partial charge in [-0.05, 0) is 29.8 Å². The van der Waals surface area contributed by atoms with Crippen molar-refractivity contribution in [3.8, 4) is 17.3 Å². The Kier molecular flexibility index (Phi) is 4.99. The van der Waals surface area contributed by atoms with Gasteiger partial charge in [-0.3, -0.25) is 4.98 Å². The van der Waals surface area contributed by atoms with Gasteiger partial charge in [0.2, 0.25) is 0 Å². The summed E-state index contributed by atoms with van der Waals surface area (Å²) in [4.78, 5) is 10.1. The molecule has 2 N–H and O–H groups in total. The van der Waals surface area contributed by atoms with Crippen LogP contribution in [0.2, 0.25) is 0 Å². The van der Waals surface area contributed by atoms with Crippen LogP contribution in [0.25, 0.3) is 23.4 Å². The molecule has 0 amide bonds. The van der Waals surface area contributed by atoms with E-state index in [9.17, 15) is 5.26 Å². The zero-order valence-electron chi connectivity index (χ0n) is 15.0. The van der Waals surface area contributed by atoms with E-state index in [0.717, 1.165) is 54.5 Å². The third-order valence-corrected chi connectivity index (χ3v) is 4.69. The number of benzene rings is 1. The predicted octanol–water partition coefficient (Wildman–Crippen LogP) is 3.53. The second kappa shape index (κ2) is 7.90. The van der Waals surface area contributed by atoms with Gasteiger partial charge in [-0.1, -0.05) is 36.4 Å². The van der Waals surface area contributed by atoms with Gasteiger partial charge in [0, 0.05) is 43.6 Å². The first kappa shape index (κ1) is 17.1. The van der Waals surface area contributed by atoms with Gasteiger partial charge in [0.1, 0.15) is 11.9 Å². The van der Waals surface area contributed by atoms with Gasteiger partial charge in [-0.2, -0.15) is 5.26 Å². The van der Waals surface area contributed by atoms with E-state index in [-0.39, 0.29) is 0 Å². The minimum Gasteiger partial charge on any atom is -0.355 e. The van der Waals surface area contributed by atoms with Crippen molar-refractivity contribution in [1.29, 1.82) is 5.26 Å². The average molecular weight is 355 g/mol. The molecular weight excluding hydrogens is 334 g/mol. The minimum atomic E-state index is 0.685. The maximum atomic E-state index is 9.54. The SMILES string of the molecule is N#Cc1cc(-c2ccnc(C=Cc3ccccc3)c2)[nH]c1N1CCNCC1. The van der Waals surface area contributed by atoms with Gasteiger partial charge in [0.15, 0.2) is 0 Å². The van der Waals surface area contributed by atoms with Crippen LogP contribution in [-0.2, 0) is 0 Å². The molecule has 0 spiro atoms. The van der Waals surface area contributed by atoms with Crippen molar-refractivity contribution in [1.82, 2.24) is 15.3 Å². The van der Waals surface area contributed by atoms with Gasteiger partial charge < -0.3 is 15.2 Å². The molecule has 0 bridgehead atoms. The molecule has 134 valence electrons. The smallest absolute Gasteiger partial charge is 0.124 e. The number of hydrogen-bond donors (Lipinski definition) is 2. The zero-order chi connectivity index (χ0) is 18.5. The lowest BCUT2D eigenvalue weighted by atomic mass is 10.1. The summed E-state index contributed by atoms with van der Waals surface area (Å²) < 4.78 is 0. The summed E-state index contributed by atoms with van der Waals surface area (Å²) in [6, 6.07) is 18.4. The van der Waals surface area contributed by atoms with E-state index in [1.165, 1.54) is 0 Å². The number of nitrogens with one attached hydrogen (secondary N) is 2. The number of aromatic amines is 1. The van der Waals surface area contributed by atoms with E-state index in [0.29, 0.717) is 5.56 Å². The summed E-state index contributed by atoms with van der Waals surface area (Å²) in [5.74, 6) is 0.909. The molecule has 1 aliphatic rings. The molecule has 5 heteroatoms. The maximum Gasteiger partial charge on any atom is 0.124 e. The van der Waals surface area contributed by atoms with E-state index in [1.54, 1.807) is 6.20 Å². The fourth-order valence-corrected chi connectivity index (χ4v) is 3.28. The van der Waals surface area contributed by atoms with Crippen LogP contribution in [0.3, 0.4) is 0 Å². The minimum absolute atomic E-state index is 0.685. The maximum absolute atomic E-state index is 9.54. The lowest BCUT2D eigenvalue weighted by molar-refractivity contribution is 0.585. The first-order valence-electron chi connectivity index (χ1n) is 9.12. The number of nitrogens with zero attached hydrogens (tertiary/aromatic N) is 3. The monoisotopic (exact) mass is 355 g/mol. The molecule has 1 saturated heterocycles. The third kappa shape index (κ3) is 3.91. The highest BCUT2D eigenvalue weighted by Gasteiger charge is 2.17. The summed E-state index contributed by atoms with van der Waals surface area (Å²) in [6.45, 7) is 3.66. The van der Waals surface area contributed by atoms with E-state index < -0.39 is 0 Å². The molecule has 2 aromatic heterocycles. The number of H-pyrrole nitrogens is 1. The molecule has 0 saturated carbocycles. The van der Waals surface area contributed by atoms with Gasteiger partial charge in [-0.25, -0.2) is 0 Å². The number of anilines is 1. The molecule has 0 unspecified atom stereocenters. The van der Waals surface area contributed by atoms with E-state index in [4.69, 9.17) is 0 Å². The molecule has 0 aliphatic carbocycles. The van der Waals surface area contributed by atoms with Gasteiger partial charge in [-0.15, -0.1) is 0 Å². The van der Waals surface area contributed by atoms with Gasteiger partial charge in [0.05, 0.1) is 11.3 Å². The van der Waals surface area contributed by atoms with Crippen molar-refractivity contribution in [2.75, 3.05) is 31.1 Å². The lowest BCUT2D eigenvalue weighted by Gasteiger charge is -2.28. The number of pyridine rings is 1. The summed E-state index contributed by atoms with van der Waals surface area (Å²) >= 11 is 0. The lowest BCUT2D eigenvalue weighted by Crippen LogP contribution is -2.44. The standard InChI is InChI=1S/C22H21N5/c23-16-19-15-21(26-22(19)27-12-10-24-11-13-27)18-8-9-25-20(14-18)7-6-17-4-2-1-3-5-17/h1-9,14-15,24,26H,10-13H2. The average Bonchev–Trinajstić information content (AvgIpc) is 3.18. The van der Waals surface area contributed by atoms with Crippen LogP contribution >= 0.6 is 0 Å². The number of hydrogen-bond acceptors (Lipinski definition) is 4. The van der Waals surface area contributed by atoms with E-state index in [1.807, 2.05) is 48.6 Å². The fraction of sp³-hybridized carbons (Fsp3) is 0.182. The molecule has 3 aromatic rings. The Morgan fingerprint density at radius 2 is 1.85 bits per heavy atom. The second-order valence-corrected chi connectivity index (χ2v) is 6.51. The number of rotatable bonds is 4. The summed E-state index contributed by atoms with van der Waals surface area (Å²) in [7, 11) is 0. The molecule has 0 radical (unpaired) electrons. The Hall–Kier alpha value is -3.36. The van der Waals surface area contributed by atoms with Crippen molar-refractivity contribution in [2.24, 2.45) is 0 Å². The summed E-state index contributed by atoms with van der Waals surface area (Å²) in [5.41, 5.74) is 4.67. The number of piperazine rings is 1. The van der Waals surface area contributed by atoms with Gasteiger partial charge >= 0.3 is 0 Å². The summed E-state index contributed by atoms with van der Waals surface area (Å²) in [6.07, 6.45) is 5.86. The van der Waals surface area contributed by atoms with Crippen LogP contribution in [0.1, 0.15) is 16.8 Å². The quantitative estimate of drug-likeness (QED) is 0.751. The number of nitriles is 1. The number of aromatic nitrogens is 2. The molecular formula is C22H21N5. The topological polar surface area (TPSA) is 67.7 Å². The molecule has 0 atom stereocenters. The van der Waals surface area contributed by atoms with E-state index >= 15 is 0 Å². The Morgan fingerprint density at radius 1 is 1.04 bits per heavy atom. The fourth-order valence-electron chi connectivity index (χ4n) is 3.28. The Labute approximate surface area is 159 Å². The molecule has 1 aliphatic heterocycles. The first-order chi connectivity index (χ1) is 13.3. The molecule has 5 nitrogen and oxygen atoms in total. The Balaban J connectivity index is 1.61. The van der Waals surface area contributed by atoms with Crippen LogP contribution in [0.15, 0.2) is 54.7 Å².